The van der Waals surface area contributed by atoms with Crippen LogP contribution in [0.2, 0.25) is 0 Å². The molecule has 5 nitrogen and oxygen atoms in total. The van der Waals surface area contributed by atoms with Crippen LogP contribution in [-0.4, -0.2) is 21.2 Å². The fourth-order valence-electron chi connectivity index (χ4n) is 3.00. The topological polar surface area (TPSA) is 86.9 Å². The molecule has 0 bridgehead atoms. The number of nitrogens with two attached hydrogens (primary N) is 2. The number of rotatable bonds is 4. The summed E-state index contributed by atoms with van der Waals surface area (Å²) in [7, 11) is 0. The van der Waals surface area contributed by atoms with Crippen molar-refractivity contribution in [3.05, 3.63) is 15.9 Å². The van der Waals surface area contributed by atoms with Gasteiger partial charge < -0.3 is 11.5 Å². The lowest BCUT2D eigenvalue weighted by Gasteiger charge is -2.28. The van der Waals surface area contributed by atoms with Crippen molar-refractivity contribution in [1.29, 1.82) is 0 Å². The van der Waals surface area contributed by atoms with Crippen molar-refractivity contribution in [2.75, 3.05) is 0 Å². The maximum Gasteiger partial charge on any atom is 0.237 e. The summed E-state index contributed by atoms with van der Waals surface area (Å²) < 4.78 is 3.02. The van der Waals surface area contributed by atoms with Crippen LogP contribution in [0.1, 0.15) is 37.1 Å². The molecular formula is C13H21BrN4O. The molecule has 0 radical (unpaired) electrons. The summed E-state index contributed by atoms with van der Waals surface area (Å²) in [5, 5.41) is 4.48. The molecule has 4 N–H and O–H groups in total. The van der Waals surface area contributed by atoms with Gasteiger partial charge in [0.2, 0.25) is 5.91 Å². The molecule has 1 aliphatic carbocycles. The van der Waals surface area contributed by atoms with Gasteiger partial charge in [0.1, 0.15) is 0 Å². The highest BCUT2D eigenvalue weighted by atomic mass is 79.9. The SMILES string of the molecule is Cc1nn(CCC2CCCC2(N)C(N)=O)c(C)c1Br. The molecule has 6 heteroatoms. The van der Waals surface area contributed by atoms with Crippen LogP contribution < -0.4 is 11.5 Å². The number of hydrogen-bond donors (Lipinski definition) is 2. The minimum absolute atomic E-state index is 0.160. The molecule has 0 aliphatic heterocycles. The summed E-state index contributed by atoms with van der Waals surface area (Å²) in [5.41, 5.74) is 12.9. The van der Waals surface area contributed by atoms with Crippen molar-refractivity contribution in [3.63, 3.8) is 0 Å². The van der Waals surface area contributed by atoms with E-state index in [0.717, 1.165) is 41.7 Å². The monoisotopic (exact) mass is 328 g/mol. The second kappa shape index (κ2) is 5.25. The second-order valence-corrected chi connectivity index (χ2v) is 6.28. The van der Waals surface area contributed by atoms with Gasteiger partial charge in [-0.05, 0) is 55.0 Å². The fraction of sp³-hybridized carbons (Fsp3) is 0.692. The maximum absolute atomic E-state index is 11.5. The van der Waals surface area contributed by atoms with Crippen LogP contribution in [0.4, 0.5) is 0 Å². The van der Waals surface area contributed by atoms with Crippen molar-refractivity contribution >= 4 is 21.8 Å². The molecule has 0 aromatic carbocycles. The Labute approximate surface area is 121 Å². The third kappa shape index (κ3) is 2.56. The van der Waals surface area contributed by atoms with Gasteiger partial charge in [0.25, 0.3) is 0 Å². The Morgan fingerprint density at radius 1 is 1.58 bits per heavy atom. The van der Waals surface area contributed by atoms with E-state index in [1.54, 1.807) is 0 Å². The average Bonchev–Trinajstić information content (AvgIpc) is 2.84. The number of aromatic nitrogens is 2. The van der Waals surface area contributed by atoms with E-state index in [-0.39, 0.29) is 11.8 Å². The van der Waals surface area contributed by atoms with Crippen molar-refractivity contribution < 1.29 is 4.79 Å². The van der Waals surface area contributed by atoms with Crippen LogP contribution in [0.5, 0.6) is 0 Å². The van der Waals surface area contributed by atoms with Crippen LogP contribution in [0, 0.1) is 19.8 Å². The van der Waals surface area contributed by atoms with Crippen LogP contribution in [0.15, 0.2) is 4.47 Å². The standard InChI is InChI=1S/C13H21BrN4O/c1-8-11(14)9(2)18(17-8)7-5-10-4-3-6-13(10,16)12(15)19/h10H,3-7,16H2,1-2H3,(H2,15,19). The summed E-state index contributed by atoms with van der Waals surface area (Å²) in [6.07, 6.45) is 3.49. The van der Waals surface area contributed by atoms with E-state index < -0.39 is 5.54 Å². The number of carbonyl (C=O) groups excluding carboxylic acids is 1. The van der Waals surface area contributed by atoms with E-state index in [1.165, 1.54) is 0 Å². The van der Waals surface area contributed by atoms with Crippen LogP contribution in [0.25, 0.3) is 0 Å². The molecule has 2 atom stereocenters. The lowest BCUT2D eigenvalue weighted by molar-refractivity contribution is -0.124. The van der Waals surface area contributed by atoms with Crippen LogP contribution >= 0.6 is 15.9 Å². The van der Waals surface area contributed by atoms with Crippen molar-refractivity contribution in [2.45, 2.75) is 51.6 Å². The molecule has 1 amide bonds. The molecule has 1 saturated carbocycles. The van der Waals surface area contributed by atoms with E-state index in [9.17, 15) is 4.79 Å². The van der Waals surface area contributed by atoms with Crippen molar-refractivity contribution in [3.8, 4) is 0 Å². The molecular weight excluding hydrogens is 308 g/mol. The highest BCUT2D eigenvalue weighted by Crippen LogP contribution is 2.36. The largest absolute Gasteiger partial charge is 0.368 e. The van der Waals surface area contributed by atoms with Gasteiger partial charge in [0.15, 0.2) is 0 Å². The number of primary amides is 1. The minimum atomic E-state index is -0.826. The summed E-state index contributed by atoms with van der Waals surface area (Å²) in [6, 6.07) is 0. The third-order valence-corrected chi connectivity index (χ3v) is 5.46. The minimum Gasteiger partial charge on any atom is -0.368 e. The van der Waals surface area contributed by atoms with Gasteiger partial charge in [-0.1, -0.05) is 6.42 Å². The summed E-state index contributed by atoms with van der Waals surface area (Å²) >= 11 is 3.52. The molecule has 2 rings (SSSR count). The predicted molar refractivity (Wildman–Crippen MR) is 77.5 cm³/mol. The molecule has 1 fully saturated rings. The molecule has 1 aromatic rings. The molecule has 1 aromatic heterocycles. The molecule has 106 valence electrons. The first-order valence-corrected chi connectivity index (χ1v) is 7.44. The van der Waals surface area contributed by atoms with Crippen molar-refractivity contribution in [1.82, 2.24) is 9.78 Å². The Morgan fingerprint density at radius 2 is 2.26 bits per heavy atom. The van der Waals surface area contributed by atoms with E-state index in [1.807, 2.05) is 18.5 Å². The Hall–Kier alpha value is -0.880. The number of carbonyl (C=O) groups is 1. The first-order chi connectivity index (χ1) is 8.86. The van der Waals surface area contributed by atoms with Gasteiger partial charge in [-0.2, -0.15) is 5.10 Å². The average molecular weight is 329 g/mol. The van der Waals surface area contributed by atoms with Crippen LogP contribution in [0.3, 0.4) is 0 Å². The Morgan fingerprint density at radius 3 is 2.79 bits per heavy atom. The summed E-state index contributed by atoms with van der Waals surface area (Å²) in [5.74, 6) is -0.211. The normalized spacial score (nSPS) is 26.8. The first-order valence-electron chi connectivity index (χ1n) is 6.64. The number of nitrogens with zero attached hydrogens (tertiary/aromatic N) is 2. The maximum atomic E-state index is 11.5. The molecule has 1 heterocycles. The predicted octanol–water partition coefficient (Wildman–Crippen LogP) is 1.64. The van der Waals surface area contributed by atoms with E-state index in [0.29, 0.717) is 6.42 Å². The number of halogens is 1. The Bertz CT molecular complexity index is 499. The molecule has 0 spiro atoms. The lowest BCUT2D eigenvalue weighted by atomic mass is 9.85. The van der Waals surface area contributed by atoms with E-state index >= 15 is 0 Å². The molecule has 2 unspecified atom stereocenters. The summed E-state index contributed by atoms with van der Waals surface area (Å²) in [6.45, 7) is 4.78. The first kappa shape index (κ1) is 14.5. The zero-order chi connectivity index (χ0) is 14.2. The van der Waals surface area contributed by atoms with Crippen LogP contribution in [-0.2, 0) is 11.3 Å². The van der Waals surface area contributed by atoms with Crippen molar-refractivity contribution in [2.24, 2.45) is 17.4 Å². The highest BCUT2D eigenvalue weighted by molar-refractivity contribution is 9.10. The Kier molecular flexibility index (Phi) is 4.01. The quantitative estimate of drug-likeness (QED) is 0.880. The van der Waals surface area contributed by atoms with Gasteiger partial charge in [0, 0.05) is 12.2 Å². The molecule has 0 saturated heterocycles. The molecule has 1 aliphatic rings. The third-order valence-electron chi connectivity index (χ3n) is 4.31. The second-order valence-electron chi connectivity index (χ2n) is 5.49. The smallest absolute Gasteiger partial charge is 0.237 e. The highest BCUT2D eigenvalue weighted by Gasteiger charge is 2.43. The van der Waals surface area contributed by atoms with E-state index in [4.69, 9.17) is 11.5 Å². The zero-order valence-electron chi connectivity index (χ0n) is 11.4. The number of aryl methyl sites for hydroxylation is 2. The van der Waals surface area contributed by atoms with Gasteiger partial charge >= 0.3 is 0 Å². The zero-order valence-corrected chi connectivity index (χ0v) is 13.0. The Balaban J connectivity index is 2.06. The van der Waals surface area contributed by atoms with Gasteiger partial charge in [-0.15, -0.1) is 0 Å². The van der Waals surface area contributed by atoms with Gasteiger partial charge in [-0.25, -0.2) is 0 Å². The number of amides is 1. The fourth-order valence-corrected chi connectivity index (χ4v) is 3.28. The van der Waals surface area contributed by atoms with E-state index in [2.05, 4.69) is 21.0 Å². The lowest BCUT2D eigenvalue weighted by Crippen LogP contribution is -2.54. The molecule has 19 heavy (non-hydrogen) atoms. The van der Waals surface area contributed by atoms with Gasteiger partial charge in [-0.3, -0.25) is 9.48 Å². The number of hydrogen-bond acceptors (Lipinski definition) is 3. The van der Waals surface area contributed by atoms with Gasteiger partial charge in [0.05, 0.1) is 15.7 Å². The summed E-state index contributed by atoms with van der Waals surface area (Å²) in [4.78, 5) is 11.5.